The average molecular weight is 504 g/mol. The summed E-state index contributed by atoms with van der Waals surface area (Å²) in [6.45, 7) is 5.18. The molecular formula is C23H38O8P2. The van der Waals surface area contributed by atoms with Gasteiger partial charge in [0.15, 0.2) is 0 Å². The third-order valence-corrected chi connectivity index (χ3v) is 11.6. The lowest BCUT2D eigenvalue weighted by molar-refractivity contribution is 0.125. The van der Waals surface area contributed by atoms with Gasteiger partial charge >= 0.3 is 15.2 Å². The Kier molecular flexibility index (Phi) is 9.81. The average Bonchev–Trinajstić information content (AvgIpc) is 2.78. The maximum Gasteiger partial charge on any atom is 0.422 e. The van der Waals surface area contributed by atoms with Gasteiger partial charge in [-0.25, -0.2) is 4.57 Å². The molecule has 33 heavy (non-hydrogen) atoms. The van der Waals surface area contributed by atoms with E-state index in [0.717, 1.165) is 72.3 Å². The first-order valence-corrected chi connectivity index (χ1v) is 14.4. The number of hydrogen-bond donors (Lipinski definition) is 2. The molecule has 188 valence electrons. The van der Waals surface area contributed by atoms with E-state index in [-0.39, 0.29) is 17.4 Å². The second kappa shape index (κ2) is 11.5. The molecule has 0 aliphatic heterocycles. The van der Waals surface area contributed by atoms with Crippen LogP contribution in [-0.4, -0.2) is 36.6 Å². The van der Waals surface area contributed by atoms with Crippen LogP contribution in [0.5, 0.6) is 11.5 Å². The molecule has 2 N–H and O–H groups in total. The number of aromatic hydroxyl groups is 1. The predicted octanol–water partition coefficient (Wildman–Crippen LogP) is 6.71. The first-order valence-electron chi connectivity index (χ1n) is 11.3. The standard InChI is InChI=1S/C23H38O8P2/c1-7-8-9-12-18-15-20(24)22(19-13-10-11-17(2)14-19)21(16-18)31-33(27,30-6)23(3,25)32(26,28-4)29-5/h14-16,19,24-25H,7-13H2,1-6H3. The van der Waals surface area contributed by atoms with Crippen LogP contribution in [0.25, 0.3) is 0 Å². The fraction of sp³-hybridized carbons (Fsp3) is 0.652. The molecule has 0 saturated carbocycles. The van der Waals surface area contributed by atoms with Crippen molar-refractivity contribution < 1.29 is 37.4 Å². The van der Waals surface area contributed by atoms with Crippen LogP contribution in [0.3, 0.4) is 0 Å². The van der Waals surface area contributed by atoms with E-state index in [4.69, 9.17) is 18.1 Å². The van der Waals surface area contributed by atoms with Gasteiger partial charge in [-0.2, -0.15) is 0 Å². The number of rotatable bonds is 12. The van der Waals surface area contributed by atoms with Crippen molar-refractivity contribution in [2.45, 2.75) is 76.7 Å². The van der Waals surface area contributed by atoms with Crippen LogP contribution in [0.2, 0.25) is 0 Å². The summed E-state index contributed by atoms with van der Waals surface area (Å²) < 4.78 is 47.7. The highest BCUT2D eigenvalue weighted by molar-refractivity contribution is 7.74. The van der Waals surface area contributed by atoms with E-state index >= 15 is 0 Å². The number of unbranched alkanes of at least 4 members (excludes halogenated alkanes) is 2. The largest absolute Gasteiger partial charge is 0.507 e. The van der Waals surface area contributed by atoms with E-state index in [1.165, 1.54) is 5.57 Å². The van der Waals surface area contributed by atoms with Gasteiger partial charge in [-0.3, -0.25) is 4.57 Å². The van der Waals surface area contributed by atoms with E-state index in [2.05, 4.69) is 13.0 Å². The van der Waals surface area contributed by atoms with E-state index < -0.39 is 20.3 Å². The fourth-order valence-corrected chi connectivity index (χ4v) is 8.08. The zero-order chi connectivity index (χ0) is 24.9. The van der Waals surface area contributed by atoms with Crippen LogP contribution in [0, 0.1) is 0 Å². The number of phenolic OH excluding ortho intramolecular Hbond substituents is 1. The van der Waals surface area contributed by atoms with Gasteiger partial charge in [-0.1, -0.05) is 31.4 Å². The molecule has 1 aliphatic rings. The summed E-state index contributed by atoms with van der Waals surface area (Å²) in [4.78, 5) is 0. The molecule has 0 amide bonds. The van der Waals surface area contributed by atoms with Gasteiger partial charge in [0.2, 0.25) is 0 Å². The summed E-state index contributed by atoms with van der Waals surface area (Å²) in [5, 5.41) is 19.5. The second-order valence-electron chi connectivity index (χ2n) is 8.60. The molecule has 0 fully saturated rings. The quantitative estimate of drug-likeness (QED) is 0.184. The lowest BCUT2D eigenvalue weighted by Crippen LogP contribution is -2.29. The first-order chi connectivity index (χ1) is 15.5. The van der Waals surface area contributed by atoms with Crippen LogP contribution in [0.15, 0.2) is 23.8 Å². The number of benzene rings is 1. The van der Waals surface area contributed by atoms with Crippen LogP contribution in [0.4, 0.5) is 0 Å². The molecule has 0 bridgehead atoms. The number of aryl methyl sites for hydroxylation is 1. The Bertz CT molecular complexity index is 933. The summed E-state index contributed by atoms with van der Waals surface area (Å²) >= 11 is 0. The van der Waals surface area contributed by atoms with Crippen molar-refractivity contribution in [3.05, 3.63) is 34.9 Å². The van der Waals surface area contributed by atoms with Gasteiger partial charge in [0.25, 0.3) is 5.08 Å². The Morgan fingerprint density at radius 2 is 1.73 bits per heavy atom. The lowest BCUT2D eigenvalue weighted by atomic mass is 9.84. The van der Waals surface area contributed by atoms with Gasteiger partial charge in [0.05, 0.1) is 0 Å². The number of phenols is 1. The zero-order valence-electron chi connectivity index (χ0n) is 20.5. The van der Waals surface area contributed by atoms with Crippen molar-refractivity contribution in [1.29, 1.82) is 0 Å². The molecule has 1 aromatic carbocycles. The molecule has 0 spiro atoms. The summed E-state index contributed by atoms with van der Waals surface area (Å²) in [5.74, 6) is -0.00840. The molecule has 3 atom stereocenters. The van der Waals surface area contributed by atoms with E-state index in [0.29, 0.717) is 12.0 Å². The Morgan fingerprint density at radius 3 is 2.27 bits per heavy atom. The molecule has 0 heterocycles. The molecule has 3 unspecified atom stereocenters. The van der Waals surface area contributed by atoms with Gasteiger partial charge in [-0.05, 0) is 63.6 Å². The van der Waals surface area contributed by atoms with Gasteiger partial charge in [-0.15, -0.1) is 0 Å². The summed E-state index contributed by atoms with van der Waals surface area (Å²) in [6, 6.07) is 3.43. The van der Waals surface area contributed by atoms with Crippen LogP contribution >= 0.6 is 15.2 Å². The Hall–Kier alpha value is -1.14. The van der Waals surface area contributed by atoms with Crippen LogP contribution in [-0.2, 0) is 29.1 Å². The van der Waals surface area contributed by atoms with Crippen molar-refractivity contribution >= 4 is 15.2 Å². The lowest BCUT2D eigenvalue weighted by Gasteiger charge is -2.35. The minimum atomic E-state index is -4.53. The third kappa shape index (κ3) is 5.93. The third-order valence-electron chi connectivity index (χ3n) is 6.17. The molecule has 0 aromatic heterocycles. The summed E-state index contributed by atoms with van der Waals surface area (Å²) in [6.07, 6.45) is 8.43. The number of allylic oxidation sites excluding steroid dienone is 2. The van der Waals surface area contributed by atoms with Crippen molar-refractivity contribution in [2.75, 3.05) is 21.3 Å². The molecule has 1 aromatic rings. The minimum Gasteiger partial charge on any atom is -0.507 e. The maximum atomic E-state index is 13.8. The topological polar surface area (TPSA) is 112 Å². The van der Waals surface area contributed by atoms with E-state index in [9.17, 15) is 19.3 Å². The van der Waals surface area contributed by atoms with Crippen molar-refractivity contribution in [2.24, 2.45) is 0 Å². The molecule has 0 saturated heterocycles. The molecule has 2 rings (SSSR count). The Balaban J connectivity index is 2.62. The molecule has 10 heteroatoms. The molecule has 1 aliphatic carbocycles. The predicted molar refractivity (Wildman–Crippen MR) is 129 cm³/mol. The monoisotopic (exact) mass is 504 g/mol. The van der Waals surface area contributed by atoms with Crippen molar-refractivity contribution in [1.82, 2.24) is 0 Å². The zero-order valence-corrected chi connectivity index (χ0v) is 22.3. The minimum absolute atomic E-state index is 0.0268. The SMILES string of the molecule is CCCCCc1cc(O)c(C2C=C(C)CCC2)c(OP(=O)(OC)C(C)(O)P(=O)(OC)OC)c1. The van der Waals surface area contributed by atoms with E-state index in [1.54, 1.807) is 12.1 Å². The Labute approximate surface area is 197 Å². The van der Waals surface area contributed by atoms with Crippen molar-refractivity contribution in [3.63, 3.8) is 0 Å². The first kappa shape index (κ1) is 28.1. The molecular weight excluding hydrogens is 466 g/mol. The van der Waals surface area contributed by atoms with Crippen LogP contribution < -0.4 is 4.52 Å². The highest BCUT2D eigenvalue weighted by Gasteiger charge is 2.62. The highest BCUT2D eigenvalue weighted by Crippen LogP contribution is 2.75. The van der Waals surface area contributed by atoms with Crippen molar-refractivity contribution in [3.8, 4) is 11.5 Å². The Morgan fingerprint density at radius 1 is 1.09 bits per heavy atom. The summed E-state index contributed by atoms with van der Waals surface area (Å²) in [7, 11) is -5.56. The second-order valence-corrected chi connectivity index (χ2v) is 14.0. The smallest absolute Gasteiger partial charge is 0.422 e. The summed E-state index contributed by atoms with van der Waals surface area (Å²) in [5.41, 5.74) is 2.46. The van der Waals surface area contributed by atoms with E-state index in [1.807, 2.05) is 6.92 Å². The van der Waals surface area contributed by atoms with Gasteiger partial charge in [0, 0.05) is 32.8 Å². The van der Waals surface area contributed by atoms with Gasteiger partial charge < -0.3 is 28.3 Å². The number of aliphatic hydroxyl groups is 1. The fourth-order valence-electron chi connectivity index (χ4n) is 4.17. The van der Waals surface area contributed by atoms with Crippen LogP contribution in [0.1, 0.15) is 76.3 Å². The maximum absolute atomic E-state index is 13.8. The number of hydrogen-bond acceptors (Lipinski definition) is 8. The molecule has 0 radical (unpaired) electrons. The molecule has 8 nitrogen and oxygen atoms in total. The van der Waals surface area contributed by atoms with Gasteiger partial charge in [0.1, 0.15) is 11.5 Å². The normalized spacial score (nSPS) is 20.6. The highest BCUT2D eigenvalue weighted by atomic mass is 31.2.